The van der Waals surface area contributed by atoms with Crippen molar-refractivity contribution in [3.63, 3.8) is 0 Å². The van der Waals surface area contributed by atoms with E-state index in [9.17, 15) is 4.79 Å². The third-order valence-corrected chi connectivity index (χ3v) is 3.81. The Hall–Kier alpha value is -1.16. The van der Waals surface area contributed by atoms with Crippen LogP contribution >= 0.6 is 0 Å². The lowest BCUT2D eigenvalue weighted by atomic mass is 10.1. The van der Waals surface area contributed by atoms with Gasteiger partial charge in [-0.05, 0) is 18.8 Å². The van der Waals surface area contributed by atoms with Crippen molar-refractivity contribution in [3.05, 3.63) is 27.7 Å². The number of ether oxygens (including phenoxy) is 1. The number of hydrogen-bond acceptors (Lipinski definition) is 3. The fourth-order valence-electron chi connectivity index (χ4n) is 2.82. The maximum Gasteiger partial charge on any atom is 0.267 e. The van der Waals surface area contributed by atoms with Crippen LogP contribution in [0.2, 0.25) is 0 Å². The second kappa shape index (κ2) is 4.61. The van der Waals surface area contributed by atoms with Crippen molar-refractivity contribution in [3.8, 4) is 0 Å². The predicted octanol–water partition coefficient (Wildman–Crippen LogP) is 1.51. The molecule has 0 saturated heterocycles. The average molecular weight is 234 g/mol. The second-order valence-electron chi connectivity index (χ2n) is 5.09. The van der Waals surface area contributed by atoms with Gasteiger partial charge in [0.1, 0.15) is 0 Å². The van der Waals surface area contributed by atoms with Crippen molar-refractivity contribution in [2.45, 2.75) is 45.3 Å². The minimum absolute atomic E-state index is 0.0288. The quantitative estimate of drug-likeness (QED) is 0.779. The van der Waals surface area contributed by atoms with Crippen LogP contribution in [0, 0.1) is 5.92 Å². The van der Waals surface area contributed by atoms with Crippen LogP contribution < -0.4 is 5.56 Å². The molecule has 1 aliphatic carbocycles. The van der Waals surface area contributed by atoms with Gasteiger partial charge in [0.25, 0.3) is 5.56 Å². The van der Waals surface area contributed by atoms with E-state index in [-0.39, 0.29) is 5.56 Å². The molecule has 92 valence electrons. The molecule has 1 saturated carbocycles. The Morgan fingerprint density at radius 3 is 3.06 bits per heavy atom. The average Bonchev–Trinajstić information content (AvgIpc) is 2.83. The minimum atomic E-state index is 0.0288. The van der Waals surface area contributed by atoms with Crippen molar-refractivity contribution in [2.24, 2.45) is 5.92 Å². The van der Waals surface area contributed by atoms with Gasteiger partial charge in [-0.25, -0.2) is 4.68 Å². The van der Waals surface area contributed by atoms with Gasteiger partial charge in [-0.15, -0.1) is 0 Å². The van der Waals surface area contributed by atoms with Gasteiger partial charge in [0.2, 0.25) is 0 Å². The van der Waals surface area contributed by atoms with Gasteiger partial charge in [-0.3, -0.25) is 4.79 Å². The van der Waals surface area contributed by atoms with Crippen molar-refractivity contribution in [1.29, 1.82) is 0 Å². The molecule has 4 heteroatoms. The summed E-state index contributed by atoms with van der Waals surface area (Å²) in [5, 5.41) is 4.50. The van der Waals surface area contributed by atoms with Gasteiger partial charge in [-0.1, -0.05) is 12.8 Å². The normalized spacial score (nSPS) is 20.5. The monoisotopic (exact) mass is 234 g/mol. The summed E-state index contributed by atoms with van der Waals surface area (Å²) in [6.45, 7) is 2.07. The van der Waals surface area contributed by atoms with E-state index in [1.165, 1.54) is 25.7 Å². The molecule has 2 aliphatic rings. The first-order chi connectivity index (χ1) is 8.33. The lowest BCUT2D eigenvalue weighted by Crippen LogP contribution is -2.29. The molecule has 17 heavy (non-hydrogen) atoms. The number of aromatic nitrogens is 2. The molecule has 0 spiro atoms. The summed E-state index contributed by atoms with van der Waals surface area (Å²) in [6.07, 6.45) is 5.93. The molecule has 0 bridgehead atoms. The number of nitrogens with zero attached hydrogens (tertiary/aromatic N) is 2. The zero-order chi connectivity index (χ0) is 11.7. The lowest BCUT2D eigenvalue weighted by Gasteiger charge is -2.17. The first kappa shape index (κ1) is 11.0. The zero-order valence-electron chi connectivity index (χ0n) is 10.0. The first-order valence-electron chi connectivity index (χ1n) is 6.50. The predicted molar refractivity (Wildman–Crippen MR) is 63.8 cm³/mol. The topological polar surface area (TPSA) is 44.1 Å². The third kappa shape index (κ3) is 2.27. The Bertz CT molecular complexity index is 461. The Morgan fingerprint density at radius 2 is 2.24 bits per heavy atom. The second-order valence-corrected chi connectivity index (χ2v) is 5.09. The van der Waals surface area contributed by atoms with E-state index in [4.69, 9.17) is 4.74 Å². The fourth-order valence-corrected chi connectivity index (χ4v) is 2.82. The van der Waals surface area contributed by atoms with Crippen molar-refractivity contribution in [1.82, 2.24) is 9.78 Å². The van der Waals surface area contributed by atoms with E-state index in [2.05, 4.69) is 5.10 Å². The summed E-state index contributed by atoms with van der Waals surface area (Å²) in [7, 11) is 0. The van der Waals surface area contributed by atoms with Crippen LogP contribution in [-0.4, -0.2) is 16.4 Å². The van der Waals surface area contributed by atoms with Crippen LogP contribution in [0.15, 0.2) is 10.9 Å². The Labute approximate surface area is 101 Å². The highest BCUT2D eigenvalue weighted by Crippen LogP contribution is 2.25. The molecule has 3 rings (SSSR count). The van der Waals surface area contributed by atoms with Crippen LogP contribution in [0.4, 0.5) is 0 Å². The molecule has 1 aromatic rings. The van der Waals surface area contributed by atoms with E-state index in [1.54, 1.807) is 10.7 Å². The summed E-state index contributed by atoms with van der Waals surface area (Å²) in [5.41, 5.74) is 2.05. The van der Waals surface area contributed by atoms with E-state index in [0.717, 1.165) is 30.8 Å². The molecule has 0 unspecified atom stereocenters. The molecule has 0 N–H and O–H groups in total. The molecule has 2 heterocycles. The number of rotatable bonds is 2. The summed E-state index contributed by atoms with van der Waals surface area (Å²) in [4.78, 5) is 11.9. The molecule has 0 amide bonds. The smallest absolute Gasteiger partial charge is 0.267 e. The lowest BCUT2D eigenvalue weighted by molar-refractivity contribution is 0.107. The largest absolute Gasteiger partial charge is 0.376 e. The van der Waals surface area contributed by atoms with Gasteiger partial charge in [0.05, 0.1) is 18.9 Å². The Balaban J connectivity index is 1.85. The first-order valence-corrected chi connectivity index (χ1v) is 6.50. The Kier molecular flexibility index (Phi) is 2.97. The number of hydrogen-bond donors (Lipinski definition) is 0. The van der Waals surface area contributed by atoms with Gasteiger partial charge in [0.15, 0.2) is 0 Å². The molecule has 0 aromatic carbocycles. The maximum atomic E-state index is 11.9. The van der Waals surface area contributed by atoms with E-state index in [1.807, 2.05) is 0 Å². The highest BCUT2D eigenvalue weighted by Gasteiger charge is 2.18. The molecule has 1 aromatic heterocycles. The van der Waals surface area contributed by atoms with Crippen LogP contribution in [0.5, 0.6) is 0 Å². The van der Waals surface area contributed by atoms with E-state index >= 15 is 0 Å². The summed E-state index contributed by atoms with van der Waals surface area (Å²) in [6, 6.07) is 1.70. The van der Waals surface area contributed by atoms with E-state index in [0.29, 0.717) is 12.5 Å². The third-order valence-electron chi connectivity index (χ3n) is 3.81. The van der Waals surface area contributed by atoms with E-state index < -0.39 is 0 Å². The summed E-state index contributed by atoms with van der Waals surface area (Å²) >= 11 is 0. The number of fused-ring (bicyclic) bond motifs is 1. The highest BCUT2D eigenvalue weighted by molar-refractivity contribution is 5.18. The van der Waals surface area contributed by atoms with Crippen molar-refractivity contribution >= 4 is 0 Å². The van der Waals surface area contributed by atoms with Crippen LogP contribution in [0.3, 0.4) is 0 Å². The van der Waals surface area contributed by atoms with Gasteiger partial charge in [-0.2, -0.15) is 5.10 Å². The highest BCUT2D eigenvalue weighted by atomic mass is 16.5. The maximum absolute atomic E-state index is 11.9. The van der Waals surface area contributed by atoms with Crippen LogP contribution in [-0.2, 0) is 24.3 Å². The van der Waals surface area contributed by atoms with Gasteiger partial charge >= 0.3 is 0 Å². The van der Waals surface area contributed by atoms with Gasteiger partial charge in [0, 0.05) is 24.6 Å². The molecule has 0 radical (unpaired) electrons. The van der Waals surface area contributed by atoms with Gasteiger partial charge < -0.3 is 4.74 Å². The SMILES string of the molecule is O=c1cc2c(nn1CC1CCCC1)CCOC2. The molecular weight excluding hydrogens is 216 g/mol. The van der Waals surface area contributed by atoms with Crippen LogP contribution in [0.1, 0.15) is 36.9 Å². The fraction of sp³-hybridized carbons (Fsp3) is 0.692. The standard InChI is InChI=1S/C13H18N2O2/c16-13-7-11-9-17-6-5-12(11)14-15(13)8-10-3-1-2-4-10/h7,10H,1-6,8-9H2. The summed E-state index contributed by atoms with van der Waals surface area (Å²) in [5.74, 6) is 0.651. The van der Waals surface area contributed by atoms with Crippen LogP contribution in [0.25, 0.3) is 0 Å². The molecule has 0 atom stereocenters. The molecule has 1 fully saturated rings. The molecule has 4 nitrogen and oxygen atoms in total. The van der Waals surface area contributed by atoms with Crippen molar-refractivity contribution < 1.29 is 4.74 Å². The minimum Gasteiger partial charge on any atom is -0.376 e. The molecular formula is C13H18N2O2. The Morgan fingerprint density at radius 1 is 1.41 bits per heavy atom. The summed E-state index contributed by atoms with van der Waals surface area (Å²) < 4.78 is 7.00. The zero-order valence-corrected chi connectivity index (χ0v) is 10.0. The molecule has 1 aliphatic heterocycles. The van der Waals surface area contributed by atoms with Crippen molar-refractivity contribution in [2.75, 3.05) is 6.61 Å².